The minimum atomic E-state index is 0.250. The number of nitrogens with one attached hydrogen (secondary N) is 1. The lowest BCUT2D eigenvalue weighted by atomic mass is 9.66. The molecule has 0 aromatic carbocycles. The van der Waals surface area contributed by atoms with Crippen molar-refractivity contribution in [3.63, 3.8) is 0 Å². The van der Waals surface area contributed by atoms with Gasteiger partial charge in [-0.15, -0.1) is 0 Å². The van der Waals surface area contributed by atoms with Crippen LogP contribution in [-0.2, 0) is 0 Å². The van der Waals surface area contributed by atoms with E-state index < -0.39 is 0 Å². The van der Waals surface area contributed by atoms with Crippen molar-refractivity contribution in [3.05, 3.63) is 11.6 Å². The van der Waals surface area contributed by atoms with Crippen LogP contribution in [-0.4, -0.2) is 12.6 Å². The SMILES string of the molecule is CCCCC(CC)(CC)/C(=C\CCCC1CC1C(C)(C)C)CCC(C(C)CC(C)(NC)C(C)CCC1CC1)C(C)C1CC1. The van der Waals surface area contributed by atoms with E-state index in [1.807, 2.05) is 5.57 Å². The molecule has 3 aliphatic carbocycles. The Morgan fingerprint density at radius 2 is 1.56 bits per heavy atom. The van der Waals surface area contributed by atoms with E-state index >= 15 is 0 Å². The van der Waals surface area contributed by atoms with Gasteiger partial charge in [-0.05, 0) is 156 Å². The lowest BCUT2D eigenvalue weighted by Gasteiger charge is -2.42. The molecule has 3 aliphatic rings. The van der Waals surface area contributed by atoms with Gasteiger partial charge >= 0.3 is 0 Å². The number of unbranched alkanes of at least 4 members (excludes halogenated alkanes) is 2. The van der Waals surface area contributed by atoms with Crippen LogP contribution in [0.3, 0.4) is 0 Å². The molecule has 7 unspecified atom stereocenters. The number of rotatable bonds is 23. The van der Waals surface area contributed by atoms with E-state index in [0.29, 0.717) is 10.8 Å². The van der Waals surface area contributed by atoms with Crippen LogP contribution in [0, 0.1) is 58.2 Å². The van der Waals surface area contributed by atoms with E-state index in [1.165, 1.54) is 116 Å². The Labute approximate surface area is 272 Å². The maximum Gasteiger partial charge on any atom is 0.0178 e. The molecule has 0 spiro atoms. The molecule has 0 saturated heterocycles. The largest absolute Gasteiger partial charge is 0.314 e. The quantitative estimate of drug-likeness (QED) is 0.0912. The van der Waals surface area contributed by atoms with Crippen LogP contribution in [0.1, 0.15) is 185 Å². The van der Waals surface area contributed by atoms with Crippen LogP contribution >= 0.6 is 0 Å². The van der Waals surface area contributed by atoms with Crippen LogP contribution in [0.15, 0.2) is 11.6 Å². The van der Waals surface area contributed by atoms with Crippen molar-refractivity contribution < 1.29 is 0 Å². The van der Waals surface area contributed by atoms with E-state index in [1.54, 1.807) is 0 Å². The topological polar surface area (TPSA) is 12.0 Å². The Hall–Kier alpha value is -0.300. The molecule has 0 amide bonds. The van der Waals surface area contributed by atoms with Crippen molar-refractivity contribution in [3.8, 4) is 0 Å². The Kier molecular flexibility index (Phi) is 14.3. The average molecular weight is 598 g/mol. The highest BCUT2D eigenvalue weighted by Gasteiger charge is 2.44. The minimum Gasteiger partial charge on any atom is -0.314 e. The van der Waals surface area contributed by atoms with Gasteiger partial charge < -0.3 is 5.32 Å². The number of hydrogen-bond donors (Lipinski definition) is 1. The zero-order chi connectivity index (χ0) is 31.8. The summed E-state index contributed by atoms with van der Waals surface area (Å²) in [7, 11) is 2.25. The van der Waals surface area contributed by atoms with Gasteiger partial charge in [0.25, 0.3) is 0 Å². The number of allylic oxidation sites excluding steroid dienone is 2. The second-order valence-corrected chi connectivity index (χ2v) is 17.9. The highest BCUT2D eigenvalue weighted by atomic mass is 14.9. The molecule has 0 heterocycles. The zero-order valence-electron chi connectivity index (χ0n) is 31.4. The molecule has 43 heavy (non-hydrogen) atoms. The summed E-state index contributed by atoms with van der Waals surface area (Å²) in [6, 6.07) is 0. The van der Waals surface area contributed by atoms with Crippen LogP contribution in [0.25, 0.3) is 0 Å². The Balaban J connectivity index is 1.72. The van der Waals surface area contributed by atoms with Crippen molar-refractivity contribution in [1.82, 2.24) is 5.32 Å². The molecule has 0 radical (unpaired) electrons. The van der Waals surface area contributed by atoms with Crippen LogP contribution in [0.4, 0.5) is 0 Å². The molecule has 7 atom stereocenters. The van der Waals surface area contributed by atoms with E-state index in [4.69, 9.17) is 0 Å². The molecule has 3 fully saturated rings. The second kappa shape index (κ2) is 16.5. The second-order valence-electron chi connectivity index (χ2n) is 17.9. The summed E-state index contributed by atoms with van der Waals surface area (Å²) in [6.45, 7) is 25.1. The molecule has 3 rings (SSSR count). The van der Waals surface area contributed by atoms with Gasteiger partial charge in [0.2, 0.25) is 0 Å². The van der Waals surface area contributed by atoms with Crippen LogP contribution < -0.4 is 5.32 Å². The van der Waals surface area contributed by atoms with Crippen LogP contribution in [0.2, 0.25) is 0 Å². The molecule has 0 aromatic rings. The third-order valence-corrected chi connectivity index (χ3v) is 13.9. The zero-order valence-corrected chi connectivity index (χ0v) is 31.4. The summed E-state index contributed by atoms with van der Waals surface area (Å²) >= 11 is 0. The Morgan fingerprint density at radius 1 is 0.884 bits per heavy atom. The molecule has 0 aliphatic heterocycles. The van der Waals surface area contributed by atoms with Gasteiger partial charge in [0.05, 0.1) is 0 Å². The molecule has 0 aromatic heterocycles. The van der Waals surface area contributed by atoms with Gasteiger partial charge in [-0.25, -0.2) is 0 Å². The van der Waals surface area contributed by atoms with E-state index in [2.05, 4.69) is 87.7 Å². The van der Waals surface area contributed by atoms with Gasteiger partial charge in [-0.1, -0.05) is 106 Å². The summed E-state index contributed by atoms with van der Waals surface area (Å²) in [5.41, 5.74) is 3.05. The molecule has 1 nitrogen and oxygen atoms in total. The molecular weight excluding hydrogens is 518 g/mol. The fourth-order valence-electron chi connectivity index (χ4n) is 9.54. The fraction of sp³-hybridized carbons (Fsp3) is 0.952. The van der Waals surface area contributed by atoms with Crippen molar-refractivity contribution in [2.75, 3.05) is 7.05 Å². The first-order valence-electron chi connectivity index (χ1n) is 19.7. The summed E-state index contributed by atoms with van der Waals surface area (Å²) in [5, 5.41) is 3.87. The number of hydrogen-bond acceptors (Lipinski definition) is 1. The van der Waals surface area contributed by atoms with Gasteiger partial charge in [0, 0.05) is 5.54 Å². The first kappa shape index (κ1) is 37.2. The molecule has 1 heteroatoms. The van der Waals surface area contributed by atoms with E-state index in [9.17, 15) is 0 Å². The third-order valence-electron chi connectivity index (χ3n) is 13.9. The normalized spacial score (nSPS) is 25.7. The Bertz CT molecular complexity index is 820. The highest BCUT2D eigenvalue weighted by molar-refractivity contribution is 5.15. The first-order valence-corrected chi connectivity index (χ1v) is 19.7. The van der Waals surface area contributed by atoms with E-state index in [-0.39, 0.29) is 5.54 Å². The smallest absolute Gasteiger partial charge is 0.0178 e. The predicted octanol–water partition coefficient (Wildman–Crippen LogP) is 13.0. The molecule has 1 N–H and O–H groups in total. The highest BCUT2D eigenvalue weighted by Crippen LogP contribution is 2.53. The minimum absolute atomic E-state index is 0.250. The first-order chi connectivity index (χ1) is 20.3. The van der Waals surface area contributed by atoms with Crippen molar-refractivity contribution in [2.45, 2.75) is 190 Å². The summed E-state index contributed by atoms with van der Waals surface area (Å²) in [5.74, 6) is 7.24. The van der Waals surface area contributed by atoms with Gasteiger partial charge in [0.15, 0.2) is 0 Å². The van der Waals surface area contributed by atoms with Crippen molar-refractivity contribution in [1.29, 1.82) is 0 Å². The third kappa shape index (κ3) is 10.9. The summed E-state index contributed by atoms with van der Waals surface area (Å²) < 4.78 is 0. The standard InChI is InChI=1S/C42H79N/c1-12-15-28-42(13-2,14-3)37(19-17-16-18-36-29-39(36)40(7,8)9)26-27-38(33(6)35-24-25-35)31(4)30-41(10,43-11)32(5)20-21-34-22-23-34/h19,31-36,38-39,43H,12-18,20-30H2,1-11H3/b37-19-. The average Bonchev–Trinajstić information content (AvgIpc) is 3.83. The molecule has 3 saturated carbocycles. The Morgan fingerprint density at radius 3 is 2.07 bits per heavy atom. The monoisotopic (exact) mass is 598 g/mol. The lowest BCUT2D eigenvalue weighted by Crippen LogP contribution is -2.48. The fourth-order valence-corrected chi connectivity index (χ4v) is 9.54. The molecular formula is C42H79N. The molecule has 252 valence electrons. The summed E-state index contributed by atoms with van der Waals surface area (Å²) in [6.07, 6.45) is 28.1. The van der Waals surface area contributed by atoms with E-state index in [0.717, 1.165) is 47.3 Å². The maximum atomic E-state index is 3.87. The van der Waals surface area contributed by atoms with Gasteiger partial charge in [0.1, 0.15) is 0 Å². The molecule has 0 bridgehead atoms. The maximum absolute atomic E-state index is 3.87. The van der Waals surface area contributed by atoms with Crippen molar-refractivity contribution >= 4 is 0 Å². The lowest BCUT2D eigenvalue weighted by molar-refractivity contribution is 0.132. The predicted molar refractivity (Wildman–Crippen MR) is 193 cm³/mol. The van der Waals surface area contributed by atoms with Gasteiger partial charge in [-0.2, -0.15) is 0 Å². The summed E-state index contributed by atoms with van der Waals surface area (Å²) in [4.78, 5) is 0. The van der Waals surface area contributed by atoms with Crippen molar-refractivity contribution in [2.24, 2.45) is 58.2 Å². The van der Waals surface area contributed by atoms with Gasteiger partial charge in [-0.3, -0.25) is 0 Å². The van der Waals surface area contributed by atoms with Crippen LogP contribution in [0.5, 0.6) is 0 Å².